The van der Waals surface area contributed by atoms with Crippen molar-refractivity contribution in [3.05, 3.63) is 35.9 Å². The molecule has 6 nitrogen and oxygen atoms in total. The lowest BCUT2D eigenvalue weighted by molar-refractivity contribution is -0.122. The monoisotopic (exact) mass is 301 g/mol. The summed E-state index contributed by atoms with van der Waals surface area (Å²) in [5.41, 5.74) is 6.71. The largest absolute Gasteiger partial charge is 0.453 e. The van der Waals surface area contributed by atoms with E-state index in [9.17, 15) is 9.59 Å². The van der Waals surface area contributed by atoms with Crippen LogP contribution >= 0.6 is 12.4 Å². The first kappa shape index (κ1) is 18.2. The Morgan fingerprint density at radius 2 is 1.90 bits per heavy atom. The maximum atomic E-state index is 11.7. The minimum Gasteiger partial charge on any atom is -0.453 e. The molecule has 7 heteroatoms. The summed E-state index contributed by atoms with van der Waals surface area (Å²) in [4.78, 5) is 22.5. The molecule has 0 spiro atoms. The SMILES string of the molecule is COC(=O)NCCC(N)C(=O)NCc1ccccc1.Cl. The number of nitrogens with two attached hydrogens (primary N) is 1. The van der Waals surface area contributed by atoms with Gasteiger partial charge in [0, 0.05) is 13.1 Å². The van der Waals surface area contributed by atoms with Crippen molar-refractivity contribution in [1.29, 1.82) is 0 Å². The van der Waals surface area contributed by atoms with Gasteiger partial charge in [-0.2, -0.15) is 0 Å². The lowest BCUT2D eigenvalue weighted by Crippen LogP contribution is -2.42. The standard InChI is InChI=1S/C13H19N3O3.ClH/c1-19-13(18)15-8-7-11(14)12(17)16-9-10-5-3-2-4-6-10;/h2-6,11H,7-9,14H2,1H3,(H,15,18)(H,16,17);1H. The smallest absolute Gasteiger partial charge is 0.406 e. The van der Waals surface area contributed by atoms with Crippen molar-refractivity contribution in [1.82, 2.24) is 10.6 Å². The molecule has 0 aliphatic rings. The van der Waals surface area contributed by atoms with Crippen LogP contribution in [0.4, 0.5) is 4.79 Å². The van der Waals surface area contributed by atoms with Gasteiger partial charge in [-0.15, -0.1) is 12.4 Å². The minimum absolute atomic E-state index is 0. The van der Waals surface area contributed by atoms with Gasteiger partial charge in [-0.3, -0.25) is 4.79 Å². The zero-order valence-corrected chi connectivity index (χ0v) is 12.1. The van der Waals surface area contributed by atoms with E-state index in [-0.39, 0.29) is 18.3 Å². The molecule has 0 bridgehead atoms. The van der Waals surface area contributed by atoms with Crippen LogP contribution in [-0.4, -0.2) is 31.7 Å². The second-order valence-corrected chi connectivity index (χ2v) is 4.02. The van der Waals surface area contributed by atoms with E-state index in [2.05, 4.69) is 15.4 Å². The topological polar surface area (TPSA) is 93.4 Å². The summed E-state index contributed by atoms with van der Waals surface area (Å²) in [7, 11) is 1.28. The summed E-state index contributed by atoms with van der Waals surface area (Å²) in [6.45, 7) is 0.740. The highest BCUT2D eigenvalue weighted by Gasteiger charge is 2.13. The lowest BCUT2D eigenvalue weighted by atomic mass is 10.2. The first-order valence-electron chi connectivity index (χ1n) is 6.02. The van der Waals surface area contributed by atoms with Crippen LogP contribution in [0.15, 0.2) is 30.3 Å². The highest BCUT2D eigenvalue weighted by molar-refractivity contribution is 5.85. The molecule has 0 aromatic heterocycles. The molecule has 112 valence electrons. The van der Waals surface area contributed by atoms with Gasteiger partial charge in [-0.05, 0) is 12.0 Å². The molecule has 20 heavy (non-hydrogen) atoms. The Morgan fingerprint density at radius 3 is 2.50 bits per heavy atom. The molecular formula is C13H20ClN3O3. The summed E-state index contributed by atoms with van der Waals surface area (Å²) < 4.78 is 4.41. The van der Waals surface area contributed by atoms with Gasteiger partial charge >= 0.3 is 6.09 Å². The number of hydrogen-bond donors (Lipinski definition) is 3. The van der Waals surface area contributed by atoms with Gasteiger partial charge in [0.25, 0.3) is 0 Å². The van der Waals surface area contributed by atoms with E-state index < -0.39 is 12.1 Å². The number of benzene rings is 1. The maximum absolute atomic E-state index is 11.7. The molecule has 0 aliphatic heterocycles. The molecule has 0 saturated heterocycles. The van der Waals surface area contributed by atoms with E-state index >= 15 is 0 Å². The fraction of sp³-hybridized carbons (Fsp3) is 0.385. The molecule has 0 aliphatic carbocycles. The Kier molecular flexibility index (Phi) is 9.15. The molecule has 0 fully saturated rings. The highest BCUT2D eigenvalue weighted by Crippen LogP contribution is 1.97. The third-order valence-electron chi connectivity index (χ3n) is 2.56. The summed E-state index contributed by atoms with van der Waals surface area (Å²) >= 11 is 0. The number of alkyl carbamates (subject to hydrolysis) is 1. The normalized spacial score (nSPS) is 10.9. The van der Waals surface area contributed by atoms with Crippen LogP contribution in [0, 0.1) is 0 Å². The first-order valence-corrected chi connectivity index (χ1v) is 6.02. The molecule has 1 aromatic rings. The molecule has 0 heterocycles. The van der Waals surface area contributed by atoms with E-state index in [1.165, 1.54) is 7.11 Å². The zero-order valence-electron chi connectivity index (χ0n) is 11.3. The van der Waals surface area contributed by atoms with Gasteiger partial charge in [-0.25, -0.2) is 4.79 Å². The number of hydrogen-bond acceptors (Lipinski definition) is 4. The molecule has 1 unspecified atom stereocenters. The van der Waals surface area contributed by atoms with Crippen LogP contribution in [0.2, 0.25) is 0 Å². The van der Waals surface area contributed by atoms with Crippen LogP contribution in [0.1, 0.15) is 12.0 Å². The summed E-state index contributed by atoms with van der Waals surface area (Å²) in [5.74, 6) is -0.240. The Bertz CT molecular complexity index is 415. The number of methoxy groups -OCH3 is 1. The Labute approximate surface area is 124 Å². The molecule has 1 rings (SSSR count). The van der Waals surface area contributed by atoms with Gasteiger partial charge in [0.05, 0.1) is 13.2 Å². The Morgan fingerprint density at radius 1 is 1.25 bits per heavy atom. The molecule has 2 amide bonds. The average molecular weight is 302 g/mol. The number of carbonyl (C=O) groups excluding carboxylic acids is 2. The van der Waals surface area contributed by atoms with E-state index in [1.807, 2.05) is 30.3 Å². The van der Waals surface area contributed by atoms with Crippen molar-refractivity contribution < 1.29 is 14.3 Å². The maximum Gasteiger partial charge on any atom is 0.406 e. The van der Waals surface area contributed by atoms with Crippen molar-refractivity contribution >= 4 is 24.4 Å². The third kappa shape index (κ3) is 6.96. The van der Waals surface area contributed by atoms with Gasteiger partial charge in [0.2, 0.25) is 5.91 Å². The Hall–Kier alpha value is -1.79. The summed E-state index contributed by atoms with van der Waals surface area (Å²) in [6.07, 6.45) is -0.174. The predicted molar refractivity (Wildman–Crippen MR) is 78.5 cm³/mol. The first-order chi connectivity index (χ1) is 9.13. The van der Waals surface area contributed by atoms with Gasteiger partial charge in [0.1, 0.15) is 0 Å². The predicted octanol–water partition coefficient (Wildman–Crippen LogP) is 0.798. The van der Waals surface area contributed by atoms with Crippen molar-refractivity contribution in [2.45, 2.75) is 19.0 Å². The Balaban J connectivity index is 0.00000361. The molecular weight excluding hydrogens is 282 g/mol. The molecule has 0 radical (unpaired) electrons. The van der Waals surface area contributed by atoms with E-state index in [0.717, 1.165) is 5.56 Å². The second kappa shape index (κ2) is 10.1. The van der Waals surface area contributed by atoms with Crippen LogP contribution < -0.4 is 16.4 Å². The number of halogens is 1. The number of rotatable bonds is 6. The fourth-order valence-corrected chi connectivity index (χ4v) is 1.45. The van der Waals surface area contributed by atoms with Crippen LogP contribution in [-0.2, 0) is 16.1 Å². The van der Waals surface area contributed by atoms with Crippen LogP contribution in [0.5, 0.6) is 0 Å². The summed E-state index contributed by atoms with van der Waals surface area (Å²) in [5, 5.41) is 5.21. The van der Waals surface area contributed by atoms with Gasteiger partial charge in [0.15, 0.2) is 0 Å². The van der Waals surface area contributed by atoms with Gasteiger partial charge < -0.3 is 21.1 Å². The fourth-order valence-electron chi connectivity index (χ4n) is 1.45. The number of ether oxygens (including phenoxy) is 1. The summed E-state index contributed by atoms with van der Waals surface area (Å²) in [6, 6.07) is 8.91. The van der Waals surface area contributed by atoms with Crippen molar-refractivity contribution in [2.75, 3.05) is 13.7 Å². The highest BCUT2D eigenvalue weighted by atomic mass is 35.5. The van der Waals surface area contributed by atoms with Crippen molar-refractivity contribution in [3.63, 3.8) is 0 Å². The van der Waals surface area contributed by atoms with Crippen LogP contribution in [0.3, 0.4) is 0 Å². The minimum atomic E-state index is -0.652. The molecule has 4 N–H and O–H groups in total. The molecule has 1 atom stereocenters. The quantitative estimate of drug-likeness (QED) is 0.724. The number of carbonyl (C=O) groups is 2. The lowest BCUT2D eigenvalue weighted by Gasteiger charge is -2.12. The average Bonchev–Trinajstić information content (AvgIpc) is 2.45. The van der Waals surface area contributed by atoms with Crippen LogP contribution in [0.25, 0.3) is 0 Å². The number of nitrogens with one attached hydrogen (secondary N) is 2. The molecule has 0 saturated carbocycles. The number of amides is 2. The van der Waals surface area contributed by atoms with E-state index in [4.69, 9.17) is 5.73 Å². The van der Waals surface area contributed by atoms with Crippen molar-refractivity contribution in [2.24, 2.45) is 5.73 Å². The zero-order chi connectivity index (χ0) is 14.1. The van der Waals surface area contributed by atoms with E-state index in [0.29, 0.717) is 19.5 Å². The van der Waals surface area contributed by atoms with E-state index in [1.54, 1.807) is 0 Å². The second-order valence-electron chi connectivity index (χ2n) is 4.02. The van der Waals surface area contributed by atoms with Crippen molar-refractivity contribution in [3.8, 4) is 0 Å². The van der Waals surface area contributed by atoms with Gasteiger partial charge in [-0.1, -0.05) is 30.3 Å². The third-order valence-corrected chi connectivity index (χ3v) is 2.56. The molecule has 1 aromatic carbocycles.